The van der Waals surface area contributed by atoms with Gasteiger partial charge in [-0.1, -0.05) is 0 Å². The normalized spacial score (nSPS) is 12.3. The fourth-order valence-corrected chi connectivity index (χ4v) is 6.92. The van der Waals surface area contributed by atoms with E-state index in [4.69, 9.17) is 4.99 Å². The number of allylic oxidation sites excluding steroid dienone is 2. The topological polar surface area (TPSA) is 15.6 Å². The second-order valence-corrected chi connectivity index (χ2v) is 13.7. The van der Waals surface area contributed by atoms with Gasteiger partial charge in [0.15, 0.2) is 0 Å². The first kappa shape index (κ1) is 31.5. The van der Waals surface area contributed by atoms with Crippen molar-refractivity contribution in [3.8, 4) is 10.7 Å². The molecule has 0 fully saturated rings. The summed E-state index contributed by atoms with van der Waals surface area (Å²) >= 11 is -0.819. The van der Waals surface area contributed by atoms with Crippen LogP contribution in [0.15, 0.2) is 83.5 Å². The molecule has 0 atom stereocenters. The fourth-order valence-electron chi connectivity index (χ4n) is 4.98. The molecule has 0 heterocycles. The quantitative estimate of drug-likeness (QED) is 0.137. The van der Waals surface area contributed by atoms with Crippen molar-refractivity contribution in [2.24, 2.45) is 4.99 Å². The molecule has 0 bridgehead atoms. The molecule has 0 aliphatic carbocycles. The van der Waals surface area contributed by atoms with Crippen LogP contribution in [0.5, 0.6) is 0 Å². The molecular weight excluding hydrogens is 545 g/mol. The van der Waals surface area contributed by atoms with E-state index in [-0.39, 0.29) is 0 Å². The molecule has 0 aliphatic heterocycles. The van der Waals surface area contributed by atoms with Crippen LogP contribution in [0.2, 0.25) is 0 Å². The maximum atomic E-state index is 5.25. The zero-order valence-electron chi connectivity index (χ0n) is 26.1. The van der Waals surface area contributed by atoms with Crippen LogP contribution in [0.25, 0.3) is 0 Å². The van der Waals surface area contributed by atoms with Gasteiger partial charge < -0.3 is 0 Å². The Bertz CT molecular complexity index is 1350. The van der Waals surface area contributed by atoms with E-state index in [1.165, 1.54) is 33.6 Å². The van der Waals surface area contributed by atoms with E-state index in [0.717, 1.165) is 17.0 Å². The van der Waals surface area contributed by atoms with Gasteiger partial charge in [-0.25, -0.2) is 0 Å². The van der Waals surface area contributed by atoms with E-state index < -0.39 is 15.7 Å². The van der Waals surface area contributed by atoms with Crippen LogP contribution in [-0.2, 0) is 0 Å². The summed E-state index contributed by atoms with van der Waals surface area (Å²) in [6.07, 6.45) is 2.26. The van der Waals surface area contributed by atoms with E-state index in [1.54, 1.807) is 0 Å². The molecule has 0 aliphatic rings. The first-order valence-electron chi connectivity index (χ1n) is 14.6. The predicted molar refractivity (Wildman–Crippen MR) is 177 cm³/mol. The molecule has 3 rings (SSSR count). The minimum absolute atomic E-state index is 0.415. The van der Waals surface area contributed by atoms with Gasteiger partial charge in [0, 0.05) is 0 Å². The summed E-state index contributed by atoms with van der Waals surface area (Å²) in [5.74, 6) is 5.10. The van der Waals surface area contributed by atoms with Crippen molar-refractivity contribution in [1.29, 1.82) is 0 Å². The summed E-state index contributed by atoms with van der Waals surface area (Å²) in [5.41, 5.74) is 11.1. The summed E-state index contributed by atoms with van der Waals surface area (Å²) in [4.78, 5) is 5.25. The Balaban J connectivity index is 2.17. The molecule has 0 N–H and O–H groups in total. The number of rotatable bonds is 9. The number of para-hydroxylation sites is 2. The number of nitrogens with zero attached hydrogens (tertiary/aromatic N) is 2. The standard InChI is InChI=1S/C37H46GeN2/c1-25(2)32-18-14-19-33(26(3)4)36(32)39-29(9)24-30(10)40(38-23-22-31-16-12-11-13-17-31)37-34(27(5)6)20-15-21-35(37)28(7)8/h11-21,24-28H,1-10H3/b30-24-,39-29?. The van der Waals surface area contributed by atoms with E-state index in [1.807, 2.05) is 6.07 Å². The Kier molecular flexibility index (Phi) is 11.5. The van der Waals surface area contributed by atoms with Gasteiger partial charge >= 0.3 is 251 Å². The number of hydrogen-bond acceptors (Lipinski definition) is 2. The molecule has 3 aromatic carbocycles. The van der Waals surface area contributed by atoms with Crippen molar-refractivity contribution < 1.29 is 0 Å². The monoisotopic (exact) mass is 592 g/mol. The number of aliphatic imine (C=N–C) groups is 1. The average molecular weight is 591 g/mol. The molecule has 0 saturated carbocycles. The van der Waals surface area contributed by atoms with Crippen LogP contribution < -0.4 is 3.86 Å². The first-order valence-corrected chi connectivity index (χ1v) is 16.6. The third-order valence-corrected chi connectivity index (χ3v) is 9.29. The molecule has 3 heteroatoms. The van der Waals surface area contributed by atoms with Gasteiger partial charge in [0.1, 0.15) is 0 Å². The van der Waals surface area contributed by atoms with Crippen molar-refractivity contribution in [2.75, 3.05) is 3.86 Å². The van der Waals surface area contributed by atoms with Crippen LogP contribution in [0.3, 0.4) is 0 Å². The van der Waals surface area contributed by atoms with Gasteiger partial charge in [-0.05, 0) is 0 Å². The summed E-state index contributed by atoms with van der Waals surface area (Å²) in [6, 6.07) is 23.7. The van der Waals surface area contributed by atoms with Gasteiger partial charge in [-0.3, -0.25) is 0 Å². The number of anilines is 1. The average Bonchev–Trinajstić information content (AvgIpc) is 2.90. The molecule has 0 saturated heterocycles. The van der Waals surface area contributed by atoms with Crippen molar-refractivity contribution >= 4 is 32.7 Å². The van der Waals surface area contributed by atoms with Crippen LogP contribution in [-0.4, -0.2) is 21.4 Å². The second kappa shape index (κ2) is 14.6. The fraction of sp³-hybridized carbons (Fsp3) is 0.378. The van der Waals surface area contributed by atoms with Crippen molar-refractivity contribution in [2.45, 2.75) is 92.9 Å². The zero-order valence-corrected chi connectivity index (χ0v) is 28.2. The number of hydrogen-bond donors (Lipinski definition) is 0. The van der Waals surface area contributed by atoms with Crippen LogP contribution >= 0.6 is 0 Å². The van der Waals surface area contributed by atoms with Crippen LogP contribution in [0.1, 0.15) is 121 Å². The molecule has 0 unspecified atom stereocenters. The molecule has 2 radical (unpaired) electrons. The molecule has 0 aromatic heterocycles. The Labute approximate surface area is 250 Å². The summed E-state index contributed by atoms with van der Waals surface area (Å²) in [7, 11) is 0. The summed E-state index contributed by atoms with van der Waals surface area (Å²) in [6.45, 7) is 22.5. The third-order valence-electron chi connectivity index (χ3n) is 7.12. The third kappa shape index (κ3) is 8.01. The first-order chi connectivity index (χ1) is 19.0. The number of benzene rings is 3. The van der Waals surface area contributed by atoms with E-state index >= 15 is 0 Å². The van der Waals surface area contributed by atoms with Gasteiger partial charge in [0.25, 0.3) is 0 Å². The van der Waals surface area contributed by atoms with Gasteiger partial charge in [0.2, 0.25) is 0 Å². The molecule has 40 heavy (non-hydrogen) atoms. The van der Waals surface area contributed by atoms with Gasteiger partial charge in [-0.2, -0.15) is 0 Å². The Hall–Kier alpha value is -3.03. The molecule has 208 valence electrons. The molecule has 2 nitrogen and oxygen atoms in total. The molecule has 3 aromatic rings. The summed E-state index contributed by atoms with van der Waals surface area (Å²) < 4.78 is 6.13. The van der Waals surface area contributed by atoms with Gasteiger partial charge in [-0.15, -0.1) is 0 Å². The van der Waals surface area contributed by atoms with Crippen LogP contribution in [0.4, 0.5) is 11.4 Å². The SMILES string of the molecule is CC(/C=C(/C)[N]([Ge][C]#Cc1ccccc1)c1c(C(C)C)cccc1C(C)C)=Nc1c(C(C)C)cccc1C(C)C. The molecule has 0 spiro atoms. The van der Waals surface area contributed by atoms with E-state index in [2.05, 4.69) is 151 Å². The summed E-state index contributed by atoms with van der Waals surface area (Å²) in [5, 5.41) is 0. The Morgan fingerprint density at radius 3 is 1.62 bits per heavy atom. The van der Waals surface area contributed by atoms with Crippen molar-refractivity contribution in [3.63, 3.8) is 0 Å². The Morgan fingerprint density at radius 2 is 1.15 bits per heavy atom. The molecular formula is C37H46GeN2. The van der Waals surface area contributed by atoms with Crippen molar-refractivity contribution in [1.82, 2.24) is 0 Å². The zero-order chi connectivity index (χ0) is 29.4. The second-order valence-electron chi connectivity index (χ2n) is 11.8. The van der Waals surface area contributed by atoms with Crippen LogP contribution in [0, 0.1) is 10.7 Å². The minimum atomic E-state index is -0.819. The van der Waals surface area contributed by atoms with Crippen molar-refractivity contribution in [3.05, 3.63) is 106 Å². The van der Waals surface area contributed by atoms with E-state index in [0.29, 0.717) is 23.7 Å². The van der Waals surface area contributed by atoms with Gasteiger partial charge in [0.05, 0.1) is 0 Å². The maximum absolute atomic E-state index is 5.25. The van der Waals surface area contributed by atoms with E-state index in [9.17, 15) is 0 Å². The molecule has 0 amide bonds. The predicted octanol–water partition coefficient (Wildman–Crippen LogP) is 10.3. The Morgan fingerprint density at radius 1 is 0.675 bits per heavy atom.